The van der Waals surface area contributed by atoms with Crippen LogP contribution in [0.4, 0.5) is 0 Å². The molecule has 66 heavy (non-hydrogen) atoms. The van der Waals surface area contributed by atoms with Crippen molar-refractivity contribution in [3.8, 4) is 11.5 Å². The lowest BCUT2D eigenvalue weighted by Crippen LogP contribution is -2.70. The summed E-state index contributed by atoms with van der Waals surface area (Å²) in [4.78, 5) is 18.8. The molecule has 0 unspecified atom stereocenters. The zero-order chi connectivity index (χ0) is 49.5. The van der Waals surface area contributed by atoms with Gasteiger partial charge >= 0.3 is 5.97 Å². The minimum atomic E-state index is -1.83. The van der Waals surface area contributed by atoms with E-state index >= 15 is 0 Å². The highest BCUT2D eigenvalue weighted by atomic mass is 16.7. The van der Waals surface area contributed by atoms with E-state index in [1.165, 1.54) is 6.92 Å². The summed E-state index contributed by atoms with van der Waals surface area (Å²) in [5.74, 6) is -1.44. The van der Waals surface area contributed by atoms with Gasteiger partial charge in [-0.25, -0.2) is 0 Å². The number of hydrogen-bond donors (Lipinski definition) is 6. The van der Waals surface area contributed by atoms with E-state index in [1.54, 1.807) is 48.8 Å². The second kappa shape index (κ2) is 23.6. The number of aliphatic hydroxyl groups is 4. The highest BCUT2D eigenvalue weighted by Gasteiger charge is 2.58. The summed E-state index contributed by atoms with van der Waals surface area (Å²) in [7, 11) is 11.1. The Kier molecular flexibility index (Phi) is 20.1. The first kappa shape index (κ1) is 56.4. The lowest BCUT2D eigenvalue weighted by Gasteiger charge is -2.53. The second-order valence-electron chi connectivity index (χ2n) is 20.8. The molecule has 1 aromatic carbocycles. The lowest BCUT2D eigenvalue weighted by molar-refractivity contribution is -0.335. The molecule has 3 aliphatic heterocycles. The number of carbonyl (C=O) groups is 1. The average molecular weight is 941 g/mol. The molecule has 3 aliphatic rings. The predicted molar refractivity (Wildman–Crippen MR) is 251 cm³/mol. The van der Waals surface area contributed by atoms with E-state index < -0.39 is 95.5 Å². The van der Waals surface area contributed by atoms with Gasteiger partial charge in [-0.1, -0.05) is 20.8 Å². The molecular formula is C49H88N4O13. The molecule has 18 atom stereocenters. The molecule has 0 spiro atoms. The summed E-state index contributed by atoms with van der Waals surface area (Å²) in [6.45, 7) is 19.8. The van der Waals surface area contributed by atoms with Gasteiger partial charge in [0.15, 0.2) is 18.7 Å². The van der Waals surface area contributed by atoms with Crippen LogP contribution in [0.2, 0.25) is 0 Å². The Hall–Kier alpha value is -2.23. The number of ether oxygens (including phenoxy) is 8. The van der Waals surface area contributed by atoms with Crippen LogP contribution >= 0.6 is 0 Å². The number of hydrogen-bond acceptors (Lipinski definition) is 17. The van der Waals surface area contributed by atoms with Crippen LogP contribution in [0, 0.1) is 17.8 Å². The number of aliphatic hydroxyl groups excluding tert-OH is 1. The number of nitrogens with one attached hydrogen (secondary N) is 2. The van der Waals surface area contributed by atoms with Gasteiger partial charge < -0.3 is 78.8 Å². The molecule has 382 valence electrons. The Morgan fingerprint density at radius 1 is 0.894 bits per heavy atom. The lowest BCUT2D eigenvalue weighted by atomic mass is 9.75. The fourth-order valence-electron chi connectivity index (χ4n) is 10.3. The van der Waals surface area contributed by atoms with Crippen LogP contribution in [0.1, 0.15) is 94.9 Å². The second-order valence-corrected chi connectivity index (χ2v) is 20.8. The van der Waals surface area contributed by atoms with E-state index in [4.69, 9.17) is 37.9 Å². The van der Waals surface area contributed by atoms with Gasteiger partial charge in [-0.05, 0) is 133 Å². The number of benzene rings is 1. The molecule has 0 saturated carbocycles. The van der Waals surface area contributed by atoms with Gasteiger partial charge in [0.2, 0.25) is 0 Å². The molecule has 6 N–H and O–H groups in total. The molecular weight excluding hydrogens is 853 g/mol. The van der Waals surface area contributed by atoms with E-state index in [1.807, 2.05) is 85.1 Å². The molecule has 0 bridgehead atoms. The number of esters is 1. The normalized spacial score (nSPS) is 42.4. The Morgan fingerprint density at radius 2 is 1.53 bits per heavy atom. The fourth-order valence-corrected chi connectivity index (χ4v) is 10.3. The molecule has 3 fully saturated rings. The van der Waals surface area contributed by atoms with Gasteiger partial charge in [0.1, 0.15) is 40.5 Å². The van der Waals surface area contributed by atoms with Gasteiger partial charge in [-0.15, -0.1) is 0 Å². The smallest absolute Gasteiger partial charge is 0.311 e. The number of cyclic esters (lactones) is 1. The van der Waals surface area contributed by atoms with Crippen molar-refractivity contribution in [3.63, 3.8) is 0 Å². The molecule has 17 heteroatoms. The molecule has 17 nitrogen and oxygen atoms in total. The third-order valence-electron chi connectivity index (χ3n) is 14.6. The van der Waals surface area contributed by atoms with Crippen molar-refractivity contribution in [2.45, 2.75) is 185 Å². The van der Waals surface area contributed by atoms with Gasteiger partial charge in [0, 0.05) is 45.1 Å². The molecule has 0 aliphatic carbocycles. The minimum Gasteiger partial charge on any atom is -0.497 e. The molecule has 3 heterocycles. The maximum absolute atomic E-state index is 14.6. The maximum Gasteiger partial charge on any atom is 0.311 e. The van der Waals surface area contributed by atoms with Crippen LogP contribution in [0.25, 0.3) is 0 Å². The number of carbonyl (C=O) groups excluding carboxylic acids is 1. The Morgan fingerprint density at radius 3 is 2.11 bits per heavy atom. The third-order valence-corrected chi connectivity index (χ3v) is 14.6. The van der Waals surface area contributed by atoms with Gasteiger partial charge in [0.05, 0.1) is 49.1 Å². The monoisotopic (exact) mass is 941 g/mol. The average Bonchev–Trinajstić information content (AvgIpc) is 3.25. The Bertz CT molecular complexity index is 1640. The van der Waals surface area contributed by atoms with Crippen LogP contribution in [-0.2, 0) is 33.2 Å². The molecule has 0 aromatic heterocycles. The van der Waals surface area contributed by atoms with Gasteiger partial charge in [-0.2, -0.15) is 0 Å². The van der Waals surface area contributed by atoms with Crippen molar-refractivity contribution in [3.05, 3.63) is 24.3 Å². The molecule has 1 aromatic rings. The van der Waals surface area contributed by atoms with Crippen LogP contribution in [0.5, 0.6) is 11.5 Å². The largest absolute Gasteiger partial charge is 0.497 e. The van der Waals surface area contributed by atoms with Crippen molar-refractivity contribution in [1.82, 2.24) is 20.4 Å². The number of nitrogens with zero attached hydrogens (tertiary/aromatic N) is 2. The van der Waals surface area contributed by atoms with Gasteiger partial charge in [-0.3, -0.25) is 4.79 Å². The van der Waals surface area contributed by atoms with E-state index in [2.05, 4.69) is 15.5 Å². The molecule has 3 saturated heterocycles. The Balaban J connectivity index is 1.84. The van der Waals surface area contributed by atoms with Crippen molar-refractivity contribution >= 4 is 5.97 Å². The zero-order valence-electron chi connectivity index (χ0n) is 42.9. The summed E-state index contributed by atoms with van der Waals surface area (Å²) < 4.78 is 51.8. The number of likely N-dealkylation sites (N-methyl/N-ethyl adjacent to an activating group) is 2. The van der Waals surface area contributed by atoms with Crippen molar-refractivity contribution in [2.24, 2.45) is 17.8 Å². The van der Waals surface area contributed by atoms with Crippen LogP contribution < -0.4 is 20.1 Å². The van der Waals surface area contributed by atoms with Gasteiger partial charge in [0.25, 0.3) is 0 Å². The Labute approximate surface area is 395 Å². The number of rotatable bonds is 15. The summed E-state index contributed by atoms with van der Waals surface area (Å²) in [5.41, 5.74) is -6.06. The zero-order valence-corrected chi connectivity index (χ0v) is 42.9. The molecule has 4 rings (SSSR count). The first-order valence-corrected chi connectivity index (χ1v) is 24.0. The maximum atomic E-state index is 14.6. The first-order valence-electron chi connectivity index (χ1n) is 24.0. The summed E-state index contributed by atoms with van der Waals surface area (Å²) in [5, 5.41) is 55.3. The fraction of sp³-hybridized carbons (Fsp3) is 0.857. The topological polar surface area (TPSA) is 202 Å². The van der Waals surface area contributed by atoms with E-state index in [0.717, 1.165) is 6.54 Å². The van der Waals surface area contributed by atoms with Crippen molar-refractivity contribution in [1.29, 1.82) is 0 Å². The van der Waals surface area contributed by atoms with E-state index in [9.17, 15) is 25.2 Å². The van der Waals surface area contributed by atoms with Crippen LogP contribution in [-0.4, -0.2) is 195 Å². The SMILES string of the molecule is CC[C@H]1OC(=O)[C@H](C)[C@@H](O[C@H]2C[C@@](C)(OC)[C@](O)(CNCCN(C)C)[C@H](C)O2)[C@H](C)[C@@H](O[C@@H]2O[C@H](C)C[C@H](N(C)C)[C@H]2Oc2ccc(OC)cc2)[C@](C)(O)C[C@@H](C)CN[C@H](C)[C@@H](O)[C@]1(C)O. The molecule has 0 amide bonds. The van der Waals surface area contributed by atoms with Crippen LogP contribution in [0.3, 0.4) is 0 Å². The quantitative estimate of drug-likeness (QED) is 0.111. The number of methoxy groups -OCH3 is 2. The summed E-state index contributed by atoms with van der Waals surface area (Å²) >= 11 is 0. The van der Waals surface area contributed by atoms with E-state index in [-0.39, 0.29) is 43.9 Å². The predicted octanol–water partition coefficient (Wildman–Crippen LogP) is 3.18. The third kappa shape index (κ3) is 13.3. The highest BCUT2D eigenvalue weighted by molar-refractivity contribution is 5.73. The van der Waals surface area contributed by atoms with Crippen molar-refractivity contribution < 1.29 is 63.1 Å². The highest BCUT2D eigenvalue weighted by Crippen LogP contribution is 2.43. The minimum absolute atomic E-state index is 0.0806. The first-order chi connectivity index (χ1) is 30.7. The molecule has 0 radical (unpaired) electrons. The van der Waals surface area contributed by atoms with Crippen molar-refractivity contribution in [2.75, 3.05) is 68.6 Å². The van der Waals surface area contributed by atoms with Crippen LogP contribution in [0.15, 0.2) is 24.3 Å². The summed E-state index contributed by atoms with van der Waals surface area (Å²) in [6, 6.07) is 6.52. The van der Waals surface area contributed by atoms with E-state index in [0.29, 0.717) is 31.0 Å². The standard InChI is InChI=1S/C49H88N4O13/c1-17-38-48(10,57)42(54)33(6)51-27-29(2)25-46(8,56)43(66-45-41(37(53(13)14)24-30(3)61-45)63-36-20-18-35(59-15)19-21-36)31(4)40(32(5)44(55)64-38)65-39-26-47(9,60-16)49(58,34(7)62-39)28-50-22-23-52(11)12/h18-21,29-34,37-43,45,50-51,54,56-58H,17,22-28H2,1-16H3/t29-,30-,31+,32-,33-,34+,37+,38-,39+,40+,41-,42-,43-,45+,46-,47-,48-,49+/m1/s1. The summed E-state index contributed by atoms with van der Waals surface area (Å²) in [6.07, 6.45) is -7.12.